The summed E-state index contributed by atoms with van der Waals surface area (Å²) in [5, 5.41) is 2.41. The lowest BCUT2D eigenvalue weighted by molar-refractivity contribution is 0.466. The summed E-state index contributed by atoms with van der Waals surface area (Å²) in [6, 6.07) is 4.60. The van der Waals surface area contributed by atoms with Gasteiger partial charge in [-0.25, -0.2) is 13.2 Å². The molecule has 0 radical (unpaired) electrons. The minimum absolute atomic E-state index is 0.111. The Kier molecular flexibility index (Phi) is 4.04. The Balaban J connectivity index is 2.19. The highest BCUT2D eigenvalue weighted by atomic mass is 79.9. The zero-order chi connectivity index (χ0) is 14.0. The molecule has 100 valence electrons. The molecule has 0 unspecified atom stereocenters. The molecule has 1 heterocycles. The smallest absolute Gasteiger partial charge is 0.251 e. The van der Waals surface area contributed by atoms with Gasteiger partial charge in [-0.1, -0.05) is 15.9 Å². The average molecular weight is 335 g/mol. The Hall–Kier alpha value is -1.63. The normalized spacial score (nSPS) is 10.6. The number of rotatable bonds is 3. The second-order valence-electron chi connectivity index (χ2n) is 3.68. The highest BCUT2D eigenvalue weighted by Crippen LogP contribution is 2.18. The van der Waals surface area contributed by atoms with Crippen molar-refractivity contribution in [2.45, 2.75) is 6.54 Å². The third-order valence-electron chi connectivity index (χ3n) is 2.34. The van der Waals surface area contributed by atoms with E-state index in [9.17, 15) is 17.6 Å². The van der Waals surface area contributed by atoms with Gasteiger partial charge in [-0.3, -0.25) is 0 Å². The van der Waals surface area contributed by atoms with Crippen LogP contribution in [-0.4, -0.2) is 4.98 Å². The van der Waals surface area contributed by atoms with Crippen LogP contribution in [0.5, 0.6) is 0 Å². The number of nitrogens with zero attached hydrogens (tertiary/aromatic N) is 1. The highest BCUT2D eigenvalue weighted by molar-refractivity contribution is 9.10. The quantitative estimate of drug-likeness (QED) is 0.677. The van der Waals surface area contributed by atoms with Gasteiger partial charge in [0.25, 0.3) is 5.95 Å². The fourth-order valence-electron chi connectivity index (χ4n) is 1.43. The van der Waals surface area contributed by atoms with Gasteiger partial charge in [0.05, 0.1) is 0 Å². The lowest BCUT2D eigenvalue weighted by atomic mass is 10.2. The van der Waals surface area contributed by atoms with E-state index >= 15 is 0 Å². The van der Waals surface area contributed by atoms with Crippen molar-refractivity contribution in [1.29, 1.82) is 0 Å². The molecule has 0 aliphatic heterocycles. The van der Waals surface area contributed by atoms with E-state index in [4.69, 9.17) is 0 Å². The van der Waals surface area contributed by atoms with E-state index in [-0.39, 0.29) is 12.1 Å². The van der Waals surface area contributed by atoms with E-state index < -0.39 is 29.2 Å². The van der Waals surface area contributed by atoms with Crippen molar-refractivity contribution in [2.75, 3.05) is 5.32 Å². The summed E-state index contributed by atoms with van der Waals surface area (Å²) in [6.07, 6.45) is 0. The second kappa shape index (κ2) is 5.56. The lowest BCUT2D eigenvalue weighted by Gasteiger charge is -2.08. The van der Waals surface area contributed by atoms with Crippen molar-refractivity contribution >= 4 is 21.7 Å². The standard InChI is InChI=1S/C12H7BrF4N2/c13-7-1-2-8(14)6(3-7)5-18-12-10(16)4-9(15)11(17)19-12/h1-4H,5H2,(H,18,19). The van der Waals surface area contributed by atoms with Crippen molar-refractivity contribution < 1.29 is 17.6 Å². The van der Waals surface area contributed by atoms with Crippen LogP contribution in [0.4, 0.5) is 23.4 Å². The molecule has 0 aliphatic carbocycles. The van der Waals surface area contributed by atoms with Crippen LogP contribution in [-0.2, 0) is 6.54 Å². The molecule has 0 amide bonds. The van der Waals surface area contributed by atoms with Gasteiger partial charge in [0.15, 0.2) is 17.5 Å². The number of anilines is 1. The molecule has 2 rings (SSSR count). The average Bonchev–Trinajstić information content (AvgIpc) is 2.36. The SMILES string of the molecule is Fc1ccc(Br)cc1CNc1nc(F)c(F)cc1F. The molecule has 0 aliphatic rings. The van der Waals surface area contributed by atoms with Gasteiger partial charge < -0.3 is 5.32 Å². The van der Waals surface area contributed by atoms with Gasteiger partial charge in [-0.2, -0.15) is 9.37 Å². The van der Waals surface area contributed by atoms with E-state index in [0.717, 1.165) is 0 Å². The molecule has 0 atom stereocenters. The number of hydrogen-bond acceptors (Lipinski definition) is 2. The molecule has 19 heavy (non-hydrogen) atoms. The minimum atomic E-state index is -1.42. The van der Waals surface area contributed by atoms with E-state index in [0.29, 0.717) is 10.5 Å². The first-order chi connectivity index (χ1) is 8.97. The van der Waals surface area contributed by atoms with Gasteiger partial charge in [-0.05, 0) is 18.2 Å². The fourth-order valence-corrected chi connectivity index (χ4v) is 1.83. The lowest BCUT2D eigenvalue weighted by Crippen LogP contribution is -2.07. The van der Waals surface area contributed by atoms with Crippen LogP contribution in [0, 0.1) is 23.4 Å². The first-order valence-electron chi connectivity index (χ1n) is 5.16. The van der Waals surface area contributed by atoms with Crippen LogP contribution in [0.2, 0.25) is 0 Å². The molecule has 2 aromatic rings. The molecular weight excluding hydrogens is 328 g/mol. The maximum atomic E-state index is 13.4. The maximum absolute atomic E-state index is 13.4. The molecular formula is C12H7BrF4N2. The van der Waals surface area contributed by atoms with Gasteiger partial charge in [-0.15, -0.1) is 0 Å². The van der Waals surface area contributed by atoms with Crippen LogP contribution >= 0.6 is 15.9 Å². The number of pyridine rings is 1. The number of benzene rings is 1. The molecule has 0 fully saturated rings. The predicted molar refractivity (Wildman–Crippen MR) is 65.5 cm³/mol. The number of nitrogens with one attached hydrogen (secondary N) is 1. The highest BCUT2D eigenvalue weighted by Gasteiger charge is 2.12. The van der Waals surface area contributed by atoms with Crippen LogP contribution in [0.3, 0.4) is 0 Å². The molecule has 7 heteroatoms. The molecule has 2 nitrogen and oxygen atoms in total. The number of aromatic nitrogens is 1. The third kappa shape index (κ3) is 3.23. The Labute approximate surface area is 114 Å². The van der Waals surface area contributed by atoms with Crippen molar-refractivity contribution in [1.82, 2.24) is 4.98 Å². The Morgan fingerprint density at radius 3 is 2.47 bits per heavy atom. The van der Waals surface area contributed by atoms with Crippen LogP contribution < -0.4 is 5.32 Å². The molecule has 0 spiro atoms. The van der Waals surface area contributed by atoms with Gasteiger partial charge in [0, 0.05) is 22.6 Å². The Bertz CT molecular complexity index is 619. The summed E-state index contributed by atoms with van der Waals surface area (Å²) >= 11 is 3.16. The summed E-state index contributed by atoms with van der Waals surface area (Å²) in [5.74, 6) is -4.82. The molecule has 0 saturated heterocycles. The molecule has 0 bridgehead atoms. The van der Waals surface area contributed by atoms with Gasteiger partial charge in [0.1, 0.15) is 5.82 Å². The van der Waals surface area contributed by atoms with E-state index in [1.807, 2.05) is 0 Å². The topological polar surface area (TPSA) is 24.9 Å². The molecule has 1 N–H and O–H groups in total. The van der Waals surface area contributed by atoms with Crippen molar-refractivity contribution in [3.63, 3.8) is 0 Å². The zero-order valence-corrected chi connectivity index (χ0v) is 10.9. The largest absolute Gasteiger partial charge is 0.363 e. The van der Waals surface area contributed by atoms with Crippen molar-refractivity contribution in [3.05, 3.63) is 57.7 Å². The van der Waals surface area contributed by atoms with E-state index in [1.54, 1.807) is 0 Å². The first-order valence-corrected chi connectivity index (χ1v) is 5.96. The summed E-state index contributed by atoms with van der Waals surface area (Å²) in [7, 11) is 0. The summed E-state index contributed by atoms with van der Waals surface area (Å²) < 4.78 is 52.9. The van der Waals surface area contributed by atoms with Crippen molar-refractivity contribution in [3.8, 4) is 0 Å². The minimum Gasteiger partial charge on any atom is -0.363 e. The fraction of sp³-hybridized carbons (Fsp3) is 0.0833. The summed E-state index contributed by atoms with van der Waals surface area (Å²) in [4.78, 5) is 3.08. The summed E-state index contributed by atoms with van der Waals surface area (Å²) in [5.41, 5.74) is 0.236. The van der Waals surface area contributed by atoms with Crippen LogP contribution in [0.1, 0.15) is 5.56 Å². The second-order valence-corrected chi connectivity index (χ2v) is 4.60. The maximum Gasteiger partial charge on any atom is 0.251 e. The number of hydrogen-bond donors (Lipinski definition) is 1. The molecule has 1 aromatic heterocycles. The van der Waals surface area contributed by atoms with Gasteiger partial charge >= 0.3 is 0 Å². The Morgan fingerprint density at radius 2 is 1.74 bits per heavy atom. The van der Waals surface area contributed by atoms with Crippen LogP contribution in [0.15, 0.2) is 28.7 Å². The predicted octanol–water partition coefficient (Wildman–Crippen LogP) is 4.01. The van der Waals surface area contributed by atoms with E-state index in [1.165, 1.54) is 18.2 Å². The van der Waals surface area contributed by atoms with E-state index in [2.05, 4.69) is 26.2 Å². The molecule has 0 saturated carbocycles. The Morgan fingerprint density at radius 1 is 1.00 bits per heavy atom. The van der Waals surface area contributed by atoms with Crippen LogP contribution in [0.25, 0.3) is 0 Å². The van der Waals surface area contributed by atoms with Crippen molar-refractivity contribution in [2.24, 2.45) is 0 Å². The summed E-state index contributed by atoms with van der Waals surface area (Å²) in [6.45, 7) is -0.111. The number of halogens is 5. The monoisotopic (exact) mass is 334 g/mol. The zero-order valence-electron chi connectivity index (χ0n) is 9.35. The van der Waals surface area contributed by atoms with Gasteiger partial charge in [0.2, 0.25) is 0 Å². The third-order valence-corrected chi connectivity index (χ3v) is 2.83. The first kappa shape index (κ1) is 13.8. The molecule has 1 aromatic carbocycles.